The van der Waals surface area contributed by atoms with E-state index >= 15 is 0 Å². The number of hydrogen-bond acceptors (Lipinski definition) is 3. The maximum atomic E-state index is 13.4. The molecule has 0 bridgehead atoms. The first-order valence-corrected chi connectivity index (χ1v) is 11.1. The van der Waals surface area contributed by atoms with Crippen LogP contribution in [-0.2, 0) is 9.59 Å². The Balaban J connectivity index is 1.47. The molecule has 3 fully saturated rings. The van der Waals surface area contributed by atoms with Crippen LogP contribution < -0.4 is 10.6 Å². The van der Waals surface area contributed by atoms with Crippen molar-refractivity contribution < 1.29 is 18.8 Å². The first-order chi connectivity index (χ1) is 14.4. The number of nitrogens with one attached hydrogen (secondary N) is 2. The molecule has 0 unspecified atom stereocenters. The van der Waals surface area contributed by atoms with Gasteiger partial charge in [-0.3, -0.25) is 14.5 Å². The van der Waals surface area contributed by atoms with E-state index in [9.17, 15) is 18.8 Å². The molecule has 1 saturated heterocycles. The molecule has 7 heteroatoms. The Labute approximate surface area is 176 Å². The second-order valence-corrected chi connectivity index (χ2v) is 9.08. The van der Waals surface area contributed by atoms with Crippen molar-refractivity contribution in [3.63, 3.8) is 0 Å². The molecule has 162 valence electrons. The summed E-state index contributed by atoms with van der Waals surface area (Å²) in [7, 11) is 0. The lowest BCUT2D eigenvalue weighted by atomic mass is 9.73. The smallest absolute Gasteiger partial charge is 0.325 e. The summed E-state index contributed by atoms with van der Waals surface area (Å²) in [6, 6.07) is 5.47. The molecule has 6 nitrogen and oxygen atoms in total. The van der Waals surface area contributed by atoms with Crippen LogP contribution in [0.2, 0.25) is 0 Å². The highest BCUT2D eigenvalue weighted by atomic mass is 19.1. The summed E-state index contributed by atoms with van der Waals surface area (Å²) < 4.78 is 13.4. The zero-order valence-corrected chi connectivity index (χ0v) is 17.5. The lowest BCUT2D eigenvalue weighted by Gasteiger charge is -2.36. The van der Waals surface area contributed by atoms with Crippen molar-refractivity contribution in [3.8, 4) is 0 Å². The molecule has 1 heterocycles. The molecular formula is C23H30FN3O3. The standard InChI is InChI=1S/C23H30FN3O3/c1-15-6-4-5-13-23(15)21(29)27(22(30)26-23)14-19(28)25-20(16-7-2-3-8-16)17-9-11-18(24)12-10-17/h9-12,15-16,20H,2-8,13-14H2,1H3,(H,25,28)(H,26,30)/t15-,20+,23-/m1/s1. The minimum absolute atomic E-state index is 0.0567. The molecule has 1 aromatic carbocycles. The van der Waals surface area contributed by atoms with E-state index in [-0.39, 0.29) is 42.1 Å². The highest BCUT2D eigenvalue weighted by Crippen LogP contribution is 2.38. The fourth-order valence-corrected chi connectivity index (χ4v) is 5.44. The van der Waals surface area contributed by atoms with E-state index in [1.165, 1.54) is 12.1 Å². The summed E-state index contributed by atoms with van der Waals surface area (Å²) in [5.41, 5.74) is -0.0107. The summed E-state index contributed by atoms with van der Waals surface area (Å²) in [4.78, 5) is 39.6. The number of hydrogen-bond donors (Lipinski definition) is 2. The summed E-state index contributed by atoms with van der Waals surface area (Å²) in [5, 5.41) is 5.92. The molecule has 1 spiro atoms. The summed E-state index contributed by atoms with van der Waals surface area (Å²) in [6.07, 6.45) is 7.64. The van der Waals surface area contributed by atoms with Gasteiger partial charge in [0.1, 0.15) is 17.9 Å². The van der Waals surface area contributed by atoms with Gasteiger partial charge >= 0.3 is 6.03 Å². The minimum atomic E-state index is -0.864. The largest absolute Gasteiger partial charge is 0.347 e. The Morgan fingerprint density at radius 1 is 1.17 bits per heavy atom. The van der Waals surface area contributed by atoms with E-state index in [0.29, 0.717) is 6.42 Å². The number of urea groups is 1. The van der Waals surface area contributed by atoms with Crippen LogP contribution in [-0.4, -0.2) is 34.8 Å². The third kappa shape index (κ3) is 3.82. The number of nitrogens with zero attached hydrogens (tertiary/aromatic N) is 1. The van der Waals surface area contributed by atoms with E-state index in [0.717, 1.165) is 55.4 Å². The second-order valence-electron chi connectivity index (χ2n) is 9.08. The maximum absolute atomic E-state index is 13.4. The van der Waals surface area contributed by atoms with Crippen LogP contribution in [0.1, 0.15) is 69.9 Å². The number of amides is 4. The van der Waals surface area contributed by atoms with Gasteiger partial charge in [-0.1, -0.05) is 44.7 Å². The monoisotopic (exact) mass is 415 g/mol. The van der Waals surface area contributed by atoms with Crippen molar-refractivity contribution >= 4 is 17.8 Å². The molecule has 3 atom stereocenters. The first kappa shape index (κ1) is 20.8. The number of rotatable bonds is 5. The van der Waals surface area contributed by atoms with E-state index in [1.54, 1.807) is 12.1 Å². The summed E-state index contributed by atoms with van der Waals surface area (Å²) in [5.74, 6) is -0.635. The molecule has 3 aliphatic rings. The fraction of sp³-hybridized carbons (Fsp3) is 0.609. The quantitative estimate of drug-likeness (QED) is 0.720. The molecule has 4 rings (SSSR count). The van der Waals surface area contributed by atoms with E-state index in [1.807, 2.05) is 6.92 Å². The highest BCUT2D eigenvalue weighted by Gasteiger charge is 2.55. The minimum Gasteiger partial charge on any atom is -0.347 e. The number of halogens is 1. The lowest BCUT2D eigenvalue weighted by Crippen LogP contribution is -2.54. The van der Waals surface area contributed by atoms with Gasteiger partial charge in [0.05, 0.1) is 6.04 Å². The van der Waals surface area contributed by atoms with Gasteiger partial charge in [0.15, 0.2) is 0 Å². The average molecular weight is 416 g/mol. The molecule has 1 aliphatic heterocycles. The molecule has 1 aromatic rings. The van der Waals surface area contributed by atoms with Gasteiger partial charge in [-0.2, -0.15) is 0 Å². The van der Waals surface area contributed by atoms with Crippen molar-refractivity contribution in [2.45, 2.75) is 69.9 Å². The molecular weight excluding hydrogens is 385 g/mol. The van der Waals surface area contributed by atoms with Crippen molar-refractivity contribution in [1.82, 2.24) is 15.5 Å². The fourth-order valence-electron chi connectivity index (χ4n) is 5.44. The molecule has 0 radical (unpaired) electrons. The third-order valence-electron chi connectivity index (χ3n) is 7.22. The van der Waals surface area contributed by atoms with Crippen LogP contribution in [0, 0.1) is 17.7 Å². The van der Waals surface area contributed by atoms with Crippen LogP contribution in [0.15, 0.2) is 24.3 Å². The number of benzene rings is 1. The highest BCUT2D eigenvalue weighted by molar-refractivity contribution is 6.09. The van der Waals surface area contributed by atoms with Crippen molar-refractivity contribution in [2.24, 2.45) is 11.8 Å². The van der Waals surface area contributed by atoms with E-state index in [4.69, 9.17) is 0 Å². The molecule has 2 aliphatic carbocycles. The number of imide groups is 1. The second kappa shape index (κ2) is 8.36. The van der Waals surface area contributed by atoms with E-state index < -0.39 is 11.6 Å². The Hall–Kier alpha value is -2.44. The van der Waals surface area contributed by atoms with Gasteiger partial charge < -0.3 is 10.6 Å². The predicted octanol–water partition coefficient (Wildman–Crippen LogP) is 3.67. The van der Waals surface area contributed by atoms with Crippen LogP contribution in [0.3, 0.4) is 0 Å². The predicted molar refractivity (Wildman–Crippen MR) is 110 cm³/mol. The molecule has 2 N–H and O–H groups in total. The molecule has 0 aromatic heterocycles. The van der Waals surface area contributed by atoms with Crippen molar-refractivity contribution in [2.75, 3.05) is 6.54 Å². The van der Waals surface area contributed by atoms with Crippen molar-refractivity contribution in [1.29, 1.82) is 0 Å². The van der Waals surface area contributed by atoms with Gasteiger partial charge in [0.2, 0.25) is 5.91 Å². The summed E-state index contributed by atoms with van der Waals surface area (Å²) >= 11 is 0. The van der Waals surface area contributed by atoms with Gasteiger partial charge in [-0.25, -0.2) is 9.18 Å². The van der Waals surface area contributed by atoms with Crippen LogP contribution in [0.4, 0.5) is 9.18 Å². The number of carbonyl (C=O) groups is 3. The SMILES string of the molecule is C[C@@H]1CCCC[C@@]12NC(=O)N(CC(=O)N[C@H](c1ccc(F)cc1)C1CCCC1)C2=O. The van der Waals surface area contributed by atoms with Gasteiger partial charge in [-0.05, 0) is 55.2 Å². The first-order valence-electron chi connectivity index (χ1n) is 11.1. The molecule has 4 amide bonds. The molecule has 2 saturated carbocycles. The normalized spacial score (nSPS) is 28.1. The van der Waals surface area contributed by atoms with Crippen LogP contribution in [0.5, 0.6) is 0 Å². The van der Waals surface area contributed by atoms with Gasteiger partial charge in [-0.15, -0.1) is 0 Å². The third-order valence-corrected chi connectivity index (χ3v) is 7.22. The number of carbonyl (C=O) groups excluding carboxylic acids is 3. The Morgan fingerprint density at radius 2 is 1.83 bits per heavy atom. The average Bonchev–Trinajstić information content (AvgIpc) is 3.33. The molecule has 30 heavy (non-hydrogen) atoms. The Bertz CT molecular complexity index is 821. The Morgan fingerprint density at radius 3 is 2.50 bits per heavy atom. The Kier molecular flexibility index (Phi) is 5.80. The van der Waals surface area contributed by atoms with Crippen LogP contribution >= 0.6 is 0 Å². The van der Waals surface area contributed by atoms with E-state index in [2.05, 4.69) is 10.6 Å². The maximum Gasteiger partial charge on any atom is 0.325 e. The van der Waals surface area contributed by atoms with Crippen LogP contribution in [0.25, 0.3) is 0 Å². The lowest BCUT2D eigenvalue weighted by molar-refractivity contribution is -0.137. The zero-order chi connectivity index (χ0) is 21.3. The van der Waals surface area contributed by atoms with Gasteiger partial charge in [0.25, 0.3) is 5.91 Å². The summed E-state index contributed by atoms with van der Waals surface area (Å²) in [6.45, 7) is 1.70. The van der Waals surface area contributed by atoms with Gasteiger partial charge in [0, 0.05) is 0 Å². The van der Waals surface area contributed by atoms with Crippen molar-refractivity contribution in [3.05, 3.63) is 35.6 Å². The zero-order valence-electron chi connectivity index (χ0n) is 17.5. The topological polar surface area (TPSA) is 78.5 Å².